The Hall–Kier alpha value is -1.39. The highest BCUT2D eigenvalue weighted by atomic mass is 32.1. The van der Waals surface area contributed by atoms with E-state index in [1.807, 2.05) is 17.6 Å². The van der Waals surface area contributed by atoms with Crippen molar-refractivity contribution in [2.45, 2.75) is 32.7 Å². The van der Waals surface area contributed by atoms with Crippen molar-refractivity contribution < 1.29 is 4.74 Å². The van der Waals surface area contributed by atoms with Crippen LogP contribution in [0.3, 0.4) is 0 Å². The highest BCUT2D eigenvalue weighted by Gasteiger charge is 2.14. The number of aromatic nitrogens is 1. The van der Waals surface area contributed by atoms with Gasteiger partial charge in [-0.25, -0.2) is 4.98 Å². The molecule has 2 atom stereocenters. The minimum atomic E-state index is 0.257. The fraction of sp³-hybridized carbons (Fsp3) is 0.438. The number of methoxy groups -OCH3 is 1. The quantitative estimate of drug-likeness (QED) is 0.875. The second kappa shape index (κ2) is 6.86. The number of rotatable bonds is 6. The summed E-state index contributed by atoms with van der Waals surface area (Å²) >= 11 is 1.71. The predicted molar refractivity (Wildman–Crippen MR) is 84.7 cm³/mol. The summed E-state index contributed by atoms with van der Waals surface area (Å²) in [5, 5.41) is 6.78. The van der Waals surface area contributed by atoms with E-state index in [1.165, 1.54) is 16.1 Å². The van der Waals surface area contributed by atoms with Crippen LogP contribution in [0.2, 0.25) is 0 Å². The predicted octanol–water partition coefficient (Wildman–Crippen LogP) is 3.91. The molecule has 0 aliphatic heterocycles. The molecule has 0 bridgehead atoms. The maximum Gasteiger partial charge on any atom is 0.123 e. The third kappa shape index (κ3) is 3.58. The normalized spacial score (nSPS) is 14.0. The first-order valence-corrected chi connectivity index (χ1v) is 7.77. The van der Waals surface area contributed by atoms with Crippen molar-refractivity contribution in [2.75, 3.05) is 13.7 Å². The van der Waals surface area contributed by atoms with Crippen LogP contribution in [0.4, 0.5) is 0 Å². The maximum absolute atomic E-state index is 5.45. The topological polar surface area (TPSA) is 34.1 Å². The Morgan fingerprint density at radius 2 is 2.15 bits per heavy atom. The number of nitrogens with one attached hydrogen (secondary N) is 1. The summed E-state index contributed by atoms with van der Waals surface area (Å²) in [6.07, 6.45) is 1.86. The lowest BCUT2D eigenvalue weighted by Gasteiger charge is -2.19. The molecule has 0 fully saturated rings. The third-order valence-corrected chi connectivity index (χ3v) is 4.46. The average Bonchev–Trinajstić information content (AvgIpc) is 2.98. The number of hydrogen-bond donors (Lipinski definition) is 1. The summed E-state index contributed by atoms with van der Waals surface area (Å²) in [4.78, 5) is 4.37. The SMILES string of the molecule is COc1ccc(C)cc1C(C)NCC(C)c1nccs1. The van der Waals surface area contributed by atoms with Crippen LogP contribution in [0.25, 0.3) is 0 Å². The maximum atomic E-state index is 5.45. The van der Waals surface area contributed by atoms with Crippen molar-refractivity contribution in [3.8, 4) is 5.75 Å². The molecule has 20 heavy (non-hydrogen) atoms. The zero-order valence-electron chi connectivity index (χ0n) is 12.5. The van der Waals surface area contributed by atoms with Gasteiger partial charge in [-0.1, -0.05) is 24.6 Å². The largest absolute Gasteiger partial charge is 0.496 e. The van der Waals surface area contributed by atoms with Crippen LogP contribution < -0.4 is 10.1 Å². The van der Waals surface area contributed by atoms with Gasteiger partial charge < -0.3 is 10.1 Å². The summed E-state index contributed by atoms with van der Waals surface area (Å²) in [5.74, 6) is 1.37. The molecule has 1 aromatic carbocycles. The summed E-state index contributed by atoms with van der Waals surface area (Å²) in [6, 6.07) is 6.55. The van der Waals surface area contributed by atoms with Crippen LogP contribution in [0, 0.1) is 6.92 Å². The van der Waals surface area contributed by atoms with Crippen molar-refractivity contribution in [1.82, 2.24) is 10.3 Å². The Balaban J connectivity index is 2.01. The van der Waals surface area contributed by atoms with Gasteiger partial charge in [-0.2, -0.15) is 0 Å². The van der Waals surface area contributed by atoms with E-state index in [9.17, 15) is 0 Å². The smallest absolute Gasteiger partial charge is 0.123 e. The summed E-state index contributed by atoms with van der Waals surface area (Å²) < 4.78 is 5.45. The number of thiazole rings is 1. The highest BCUT2D eigenvalue weighted by molar-refractivity contribution is 7.09. The molecule has 0 saturated heterocycles. The zero-order chi connectivity index (χ0) is 14.5. The first kappa shape index (κ1) is 15.0. The van der Waals surface area contributed by atoms with Gasteiger partial charge in [0.15, 0.2) is 0 Å². The molecule has 0 aliphatic rings. The number of nitrogens with zero attached hydrogens (tertiary/aromatic N) is 1. The first-order chi connectivity index (χ1) is 9.61. The van der Waals surface area contributed by atoms with E-state index in [-0.39, 0.29) is 6.04 Å². The van der Waals surface area contributed by atoms with Crippen molar-refractivity contribution in [1.29, 1.82) is 0 Å². The molecule has 4 heteroatoms. The molecule has 0 radical (unpaired) electrons. The zero-order valence-corrected chi connectivity index (χ0v) is 13.3. The summed E-state index contributed by atoms with van der Waals surface area (Å²) in [7, 11) is 1.72. The number of benzene rings is 1. The third-order valence-electron chi connectivity index (χ3n) is 3.45. The Bertz CT molecular complexity index is 539. The van der Waals surface area contributed by atoms with E-state index >= 15 is 0 Å². The van der Waals surface area contributed by atoms with E-state index in [0.717, 1.165) is 12.3 Å². The molecule has 1 N–H and O–H groups in total. The number of aryl methyl sites for hydroxylation is 1. The summed E-state index contributed by atoms with van der Waals surface area (Å²) in [5.41, 5.74) is 2.46. The van der Waals surface area contributed by atoms with Crippen LogP contribution in [0.5, 0.6) is 5.75 Å². The molecule has 108 valence electrons. The van der Waals surface area contributed by atoms with Crippen molar-refractivity contribution >= 4 is 11.3 Å². The van der Waals surface area contributed by atoms with Crippen LogP contribution in [-0.4, -0.2) is 18.6 Å². The molecule has 1 heterocycles. The molecular weight excluding hydrogens is 268 g/mol. The van der Waals surface area contributed by atoms with Crippen LogP contribution in [-0.2, 0) is 0 Å². The van der Waals surface area contributed by atoms with Gasteiger partial charge in [-0.05, 0) is 19.9 Å². The van der Waals surface area contributed by atoms with Gasteiger partial charge >= 0.3 is 0 Å². The average molecular weight is 290 g/mol. The van der Waals surface area contributed by atoms with Gasteiger partial charge in [0, 0.05) is 35.6 Å². The lowest BCUT2D eigenvalue weighted by Crippen LogP contribution is -2.24. The summed E-state index contributed by atoms with van der Waals surface area (Å²) in [6.45, 7) is 7.39. The van der Waals surface area contributed by atoms with Gasteiger partial charge in [0.05, 0.1) is 12.1 Å². The Morgan fingerprint density at radius 3 is 2.80 bits per heavy atom. The standard InChI is InChI=1S/C16H22N2OS/c1-11-5-6-15(19-4)14(9-11)13(3)18-10-12(2)16-17-7-8-20-16/h5-9,12-13,18H,10H2,1-4H3. The molecule has 0 spiro atoms. The Kier molecular flexibility index (Phi) is 5.15. The second-order valence-corrected chi connectivity index (χ2v) is 6.07. The van der Waals surface area contributed by atoms with Gasteiger partial charge in [0.2, 0.25) is 0 Å². The molecule has 0 amide bonds. The minimum Gasteiger partial charge on any atom is -0.496 e. The van der Waals surface area contributed by atoms with Crippen molar-refractivity contribution in [3.63, 3.8) is 0 Å². The first-order valence-electron chi connectivity index (χ1n) is 6.89. The van der Waals surface area contributed by atoms with Crippen molar-refractivity contribution in [2.24, 2.45) is 0 Å². The minimum absolute atomic E-state index is 0.257. The van der Waals surface area contributed by atoms with E-state index in [0.29, 0.717) is 5.92 Å². The fourth-order valence-corrected chi connectivity index (χ4v) is 2.92. The molecular formula is C16H22N2OS. The van der Waals surface area contributed by atoms with Gasteiger partial charge in [-0.3, -0.25) is 0 Å². The molecule has 2 unspecified atom stereocenters. The van der Waals surface area contributed by atoms with Crippen LogP contribution >= 0.6 is 11.3 Å². The number of hydrogen-bond acceptors (Lipinski definition) is 4. The van der Waals surface area contributed by atoms with E-state index in [1.54, 1.807) is 18.4 Å². The van der Waals surface area contributed by atoms with Crippen LogP contribution in [0.15, 0.2) is 29.8 Å². The van der Waals surface area contributed by atoms with E-state index in [2.05, 4.69) is 43.2 Å². The molecule has 0 aliphatic carbocycles. The molecule has 2 rings (SSSR count). The fourth-order valence-electron chi connectivity index (χ4n) is 2.22. The van der Waals surface area contributed by atoms with Gasteiger partial charge in [0.25, 0.3) is 0 Å². The van der Waals surface area contributed by atoms with E-state index < -0.39 is 0 Å². The monoisotopic (exact) mass is 290 g/mol. The van der Waals surface area contributed by atoms with E-state index in [4.69, 9.17) is 4.74 Å². The Labute approximate surface area is 125 Å². The second-order valence-electron chi connectivity index (χ2n) is 5.15. The molecule has 3 nitrogen and oxygen atoms in total. The molecule has 2 aromatic rings. The Morgan fingerprint density at radius 1 is 1.35 bits per heavy atom. The lowest BCUT2D eigenvalue weighted by atomic mass is 10.0. The highest BCUT2D eigenvalue weighted by Crippen LogP contribution is 2.26. The molecule has 0 saturated carbocycles. The number of ether oxygens (including phenoxy) is 1. The van der Waals surface area contributed by atoms with Gasteiger partial charge in [-0.15, -0.1) is 11.3 Å². The van der Waals surface area contributed by atoms with Crippen LogP contribution in [0.1, 0.15) is 41.9 Å². The van der Waals surface area contributed by atoms with Gasteiger partial charge in [0.1, 0.15) is 5.75 Å². The molecule has 1 aromatic heterocycles. The lowest BCUT2D eigenvalue weighted by molar-refractivity contribution is 0.400. The van der Waals surface area contributed by atoms with Crippen molar-refractivity contribution in [3.05, 3.63) is 45.9 Å².